The lowest BCUT2D eigenvalue weighted by Gasteiger charge is -2.23. The Kier molecular flexibility index (Phi) is 6.32. The van der Waals surface area contributed by atoms with E-state index in [-0.39, 0.29) is 0 Å². The molecule has 0 bridgehead atoms. The van der Waals surface area contributed by atoms with E-state index in [2.05, 4.69) is 19.2 Å². The molecule has 0 heterocycles. The third-order valence-corrected chi connectivity index (χ3v) is 3.97. The largest absolute Gasteiger partial charge is 0.313 e. The summed E-state index contributed by atoms with van der Waals surface area (Å²) in [5.41, 5.74) is 1.14. The van der Waals surface area contributed by atoms with E-state index in [9.17, 15) is 0 Å². The molecular weight excluding hydrogens is 253 g/mol. The number of nitrogens with one attached hydrogen (secondary N) is 1. The Labute approximate surface area is 115 Å². The van der Waals surface area contributed by atoms with Crippen LogP contribution in [0.25, 0.3) is 0 Å². The standard InChI is InChI=1S/C14H21Cl2N/c1-4-10(5-2)8-14(17-3)12-7-6-11(15)9-13(12)16/h6-7,9-10,14,17H,4-5,8H2,1-3H3. The first-order chi connectivity index (χ1) is 8.12. The minimum absolute atomic E-state index is 0.310. The van der Waals surface area contributed by atoms with Crippen molar-refractivity contribution in [3.63, 3.8) is 0 Å². The van der Waals surface area contributed by atoms with E-state index in [0.717, 1.165) is 22.9 Å². The average molecular weight is 274 g/mol. The molecule has 0 amide bonds. The highest BCUT2D eigenvalue weighted by Gasteiger charge is 2.17. The summed E-state index contributed by atoms with van der Waals surface area (Å²) in [6.07, 6.45) is 3.53. The van der Waals surface area contributed by atoms with Crippen LogP contribution in [0.1, 0.15) is 44.7 Å². The van der Waals surface area contributed by atoms with Crippen LogP contribution >= 0.6 is 23.2 Å². The molecule has 1 aromatic carbocycles. The summed E-state index contributed by atoms with van der Waals surface area (Å²) >= 11 is 12.2. The molecule has 1 unspecified atom stereocenters. The normalized spacial score (nSPS) is 13.1. The fourth-order valence-electron chi connectivity index (χ4n) is 2.14. The molecule has 0 aromatic heterocycles. The first-order valence-electron chi connectivity index (χ1n) is 6.24. The van der Waals surface area contributed by atoms with Gasteiger partial charge < -0.3 is 5.32 Å². The van der Waals surface area contributed by atoms with Gasteiger partial charge in [0.1, 0.15) is 0 Å². The van der Waals surface area contributed by atoms with Crippen molar-refractivity contribution < 1.29 is 0 Å². The molecule has 1 rings (SSSR count). The second-order valence-corrected chi connectivity index (χ2v) is 5.27. The highest BCUT2D eigenvalue weighted by molar-refractivity contribution is 6.35. The van der Waals surface area contributed by atoms with Crippen LogP contribution in [0.15, 0.2) is 18.2 Å². The Balaban J connectivity index is 2.85. The highest BCUT2D eigenvalue weighted by atomic mass is 35.5. The third-order valence-electron chi connectivity index (χ3n) is 3.41. The maximum atomic E-state index is 6.25. The molecule has 0 fully saturated rings. The van der Waals surface area contributed by atoms with Gasteiger partial charge in [0, 0.05) is 16.1 Å². The van der Waals surface area contributed by atoms with Gasteiger partial charge in [0.2, 0.25) is 0 Å². The fraction of sp³-hybridized carbons (Fsp3) is 0.571. The Morgan fingerprint density at radius 1 is 1.18 bits per heavy atom. The summed E-state index contributed by atoms with van der Waals surface area (Å²) in [5, 5.41) is 4.79. The SMILES string of the molecule is CCC(CC)CC(NC)c1ccc(Cl)cc1Cl. The lowest BCUT2D eigenvalue weighted by Crippen LogP contribution is -2.20. The van der Waals surface area contributed by atoms with Crippen LogP contribution < -0.4 is 5.32 Å². The molecule has 1 aromatic rings. The van der Waals surface area contributed by atoms with E-state index in [1.54, 1.807) is 0 Å². The average Bonchev–Trinajstić information content (AvgIpc) is 2.32. The zero-order valence-electron chi connectivity index (χ0n) is 10.8. The van der Waals surface area contributed by atoms with E-state index in [1.165, 1.54) is 12.8 Å². The van der Waals surface area contributed by atoms with Crippen LogP contribution in [-0.4, -0.2) is 7.05 Å². The first kappa shape index (κ1) is 14.8. The van der Waals surface area contributed by atoms with Gasteiger partial charge in [0.15, 0.2) is 0 Å². The molecule has 0 saturated heterocycles. The quantitative estimate of drug-likeness (QED) is 0.762. The summed E-state index contributed by atoms with van der Waals surface area (Å²) < 4.78 is 0. The predicted molar refractivity (Wildman–Crippen MR) is 77.0 cm³/mol. The summed E-state index contributed by atoms with van der Waals surface area (Å²) in [6, 6.07) is 6.05. The van der Waals surface area contributed by atoms with E-state index in [1.807, 2.05) is 25.2 Å². The highest BCUT2D eigenvalue weighted by Crippen LogP contribution is 2.31. The van der Waals surface area contributed by atoms with Gasteiger partial charge in [-0.1, -0.05) is 56.0 Å². The van der Waals surface area contributed by atoms with E-state index in [0.29, 0.717) is 11.1 Å². The van der Waals surface area contributed by atoms with Crippen LogP contribution in [-0.2, 0) is 0 Å². The van der Waals surface area contributed by atoms with Gasteiger partial charge in [-0.05, 0) is 37.1 Å². The molecule has 1 nitrogen and oxygen atoms in total. The van der Waals surface area contributed by atoms with Crippen molar-refractivity contribution >= 4 is 23.2 Å². The first-order valence-corrected chi connectivity index (χ1v) is 7.00. The van der Waals surface area contributed by atoms with Gasteiger partial charge in [-0.25, -0.2) is 0 Å². The number of rotatable bonds is 6. The van der Waals surface area contributed by atoms with Gasteiger partial charge in [-0.3, -0.25) is 0 Å². The molecule has 0 aliphatic heterocycles. The minimum atomic E-state index is 0.310. The molecule has 0 radical (unpaired) electrons. The van der Waals surface area contributed by atoms with Crippen molar-refractivity contribution in [2.24, 2.45) is 5.92 Å². The molecule has 1 N–H and O–H groups in total. The van der Waals surface area contributed by atoms with Crippen LogP contribution in [0.2, 0.25) is 10.0 Å². The molecule has 0 aliphatic rings. The number of hydrogen-bond acceptors (Lipinski definition) is 1. The van der Waals surface area contributed by atoms with E-state index >= 15 is 0 Å². The van der Waals surface area contributed by atoms with Crippen LogP contribution in [0.5, 0.6) is 0 Å². The molecule has 0 saturated carbocycles. The lowest BCUT2D eigenvalue weighted by molar-refractivity contribution is 0.385. The molecule has 3 heteroatoms. The van der Waals surface area contributed by atoms with Gasteiger partial charge in [-0.15, -0.1) is 0 Å². The predicted octanol–water partition coefficient (Wildman–Crippen LogP) is 5.08. The second kappa shape index (κ2) is 7.25. The Hall–Kier alpha value is -0.240. The Morgan fingerprint density at radius 2 is 1.82 bits per heavy atom. The van der Waals surface area contributed by atoms with Gasteiger partial charge in [0.05, 0.1) is 0 Å². The van der Waals surface area contributed by atoms with Crippen molar-refractivity contribution in [2.75, 3.05) is 7.05 Å². The molecule has 0 aliphatic carbocycles. The summed E-state index contributed by atoms with van der Waals surface area (Å²) in [6.45, 7) is 4.48. The summed E-state index contributed by atoms with van der Waals surface area (Å²) in [4.78, 5) is 0. The summed E-state index contributed by atoms with van der Waals surface area (Å²) in [5.74, 6) is 0.735. The summed E-state index contributed by atoms with van der Waals surface area (Å²) in [7, 11) is 1.98. The van der Waals surface area contributed by atoms with Crippen LogP contribution in [0.3, 0.4) is 0 Å². The van der Waals surface area contributed by atoms with Crippen molar-refractivity contribution in [2.45, 2.75) is 39.2 Å². The number of halogens is 2. The van der Waals surface area contributed by atoms with E-state index < -0.39 is 0 Å². The molecule has 17 heavy (non-hydrogen) atoms. The van der Waals surface area contributed by atoms with Crippen LogP contribution in [0, 0.1) is 5.92 Å². The third kappa shape index (κ3) is 4.17. The van der Waals surface area contributed by atoms with Gasteiger partial charge in [-0.2, -0.15) is 0 Å². The maximum absolute atomic E-state index is 6.25. The molecule has 96 valence electrons. The van der Waals surface area contributed by atoms with Gasteiger partial charge in [0.25, 0.3) is 0 Å². The monoisotopic (exact) mass is 273 g/mol. The zero-order chi connectivity index (χ0) is 12.8. The van der Waals surface area contributed by atoms with Crippen molar-refractivity contribution in [3.8, 4) is 0 Å². The molecule has 1 atom stereocenters. The fourth-order valence-corrected chi connectivity index (χ4v) is 2.68. The second-order valence-electron chi connectivity index (χ2n) is 4.43. The number of benzene rings is 1. The van der Waals surface area contributed by atoms with Crippen LogP contribution in [0.4, 0.5) is 0 Å². The van der Waals surface area contributed by atoms with Crippen molar-refractivity contribution in [1.29, 1.82) is 0 Å². The van der Waals surface area contributed by atoms with Crippen molar-refractivity contribution in [1.82, 2.24) is 5.32 Å². The maximum Gasteiger partial charge on any atom is 0.0468 e. The lowest BCUT2D eigenvalue weighted by atomic mass is 9.91. The smallest absolute Gasteiger partial charge is 0.0468 e. The zero-order valence-corrected chi connectivity index (χ0v) is 12.3. The topological polar surface area (TPSA) is 12.0 Å². The minimum Gasteiger partial charge on any atom is -0.313 e. The number of hydrogen-bond donors (Lipinski definition) is 1. The Bertz CT molecular complexity index is 348. The Morgan fingerprint density at radius 3 is 2.29 bits per heavy atom. The van der Waals surface area contributed by atoms with Gasteiger partial charge >= 0.3 is 0 Å². The van der Waals surface area contributed by atoms with E-state index in [4.69, 9.17) is 23.2 Å². The molecule has 0 spiro atoms. The molecular formula is C14H21Cl2N. The van der Waals surface area contributed by atoms with Crippen molar-refractivity contribution in [3.05, 3.63) is 33.8 Å².